The zero-order valence-electron chi connectivity index (χ0n) is 12.7. The molecule has 1 heterocycles. The van der Waals surface area contributed by atoms with Gasteiger partial charge in [0.2, 0.25) is 0 Å². The highest BCUT2D eigenvalue weighted by molar-refractivity contribution is 6.43. The van der Waals surface area contributed by atoms with E-state index in [-0.39, 0.29) is 17.1 Å². The minimum absolute atomic E-state index is 0.218. The van der Waals surface area contributed by atoms with Crippen LogP contribution in [-0.2, 0) is 14.3 Å². The normalized spacial score (nSPS) is 16.3. The van der Waals surface area contributed by atoms with Crippen molar-refractivity contribution in [1.29, 1.82) is 0 Å². The van der Waals surface area contributed by atoms with Gasteiger partial charge in [0.1, 0.15) is 0 Å². The lowest BCUT2D eigenvalue weighted by atomic mass is 10.0. The predicted octanol–water partition coefficient (Wildman–Crippen LogP) is 3.85. The zero-order valence-corrected chi connectivity index (χ0v) is 14.2. The molecule has 0 N–H and O–H groups in total. The van der Waals surface area contributed by atoms with Crippen LogP contribution in [0.1, 0.15) is 12.5 Å². The Morgan fingerprint density at radius 3 is 2.70 bits per heavy atom. The van der Waals surface area contributed by atoms with Crippen molar-refractivity contribution < 1.29 is 14.3 Å². The number of nitrogens with zero attached hydrogens (tertiary/aromatic N) is 1. The molecular weight excluding hydrogens is 337 g/mol. The number of benzene rings is 1. The second-order valence-electron chi connectivity index (χ2n) is 4.86. The molecule has 1 aromatic rings. The minimum atomic E-state index is -0.577. The van der Waals surface area contributed by atoms with Gasteiger partial charge in [-0.2, -0.15) is 0 Å². The molecule has 0 bridgehead atoms. The van der Waals surface area contributed by atoms with Crippen LogP contribution in [0.5, 0.6) is 0 Å². The molecule has 0 atom stereocenters. The van der Waals surface area contributed by atoms with Gasteiger partial charge in [0.05, 0.1) is 28.3 Å². The number of amides is 1. The van der Waals surface area contributed by atoms with E-state index in [9.17, 15) is 9.59 Å². The fraction of sp³-hybridized carbons (Fsp3) is 0.176. The Morgan fingerprint density at radius 1 is 1.39 bits per heavy atom. The summed E-state index contributed by atoms with van der Waals surface area (Å²) < 4.78 is 4.80. The smallest absolute Gasteiger partial charge is 0.340 e. The van der Waals surface area contributed by atoms with Gasteiger partial charge < -0.3 is 9.64 Å². The second-order valence-corrected chi connectivity index (χ2v) is 5.64. The number of allylic oxidation sites excluding steroid dienone is 1. The van der Waals surface area contributed by atoms with Crippen molar-refractivity contribution in [2.45, 2.75) is 6.92 Å². The predicted molar refractivity (Wildman–Crippen MR) is 91.1 cm³/mol. The van der Waals surface area contributed by atoms with Gasteiger partial charge in [-0.15, -0.1) is 6.58 Å². The van der Waals surface area contributed by atoms with Crippen molar-refractivity contribution in [3.05, 3.63) is 63.3 Å². The Labute approximate surface area is 144 Å². The molecule has 0 radical (unpaired) electrons. The van der Waals surface area contributed by atoms with Crippen LogP contribution in [0.2, 0.25) is 10.0 Å². The van der Waals surface area contributed by atoms with E-state index in [4.69, 9.17) is 27.9 Å². The summed E-state index contributed by atoms with van der Waals surface area (Å²) >= 11 is 12.2. The molecule has 1 aromatic carbocycles. The van der Waals surface area contributed by atoms with Crippen LogP contribution in [-0.4, -0.2) is 30.4 Å². The number of hydrogen-bond donors (Lipinski definition) is 0. The van der Waals surface area contributed by atoms with Gasteiger partial charge in [-0.1, -0.05) is 41.4 Å². The maximum atomic E-state index is 12.6. The van der Waals surface area contributed by atoms with Gasteiger partial charge in [0.15, 0.2) is 0 Å². The first-order chi connectivity index (χ1) is 10.9. The standard InChI is InChI=1S/C17H15Cl2NO3/c1-4-8-20-10(2)14(17(22)23-3)12(16(20)21)9-11-6-5-7-13(18)15(11)19/h4-7,9H,1,8H2,2-3H3/b12-9-. The highest BCUT2D eigenvalue weighted by atomic mass is 35.5. The van der Waals surface area contributed by atoms with Crippen molar-refractivity contribution in [1.82, 2.24) is 4.90 Å². The Bertz CT molecular complexity index is 750. The summed E-state index contributed by atoms with van der Waals surface area (Å²) in [7, 11) is 1.27. The first-order valence-corrected chi connectivity index (χ1v) is 7.56. The van der Waals surface area contributed by atoms with Gasteiger partial charge in [0, 0.05) is 12.2 Å². The first-order valence-electron chi connectivity index (χ1n) is 6.80. The number of ether oxygens (including phenoxy) is 1. The van der Waals surface area contributed by atoms with E-state index in [0.717, 1.165) is 0 Å². The number of carbonyl (C=O) groups excluding carboxylic acids is 2. The van der Waals surface area contributed by atoms with Crippen LogP contribution < -0.4 is 0 Å². The molecule has 1 aliphatic rings. The van der Waals surface area contributed by atoms with Crippen molar-refractivity contribution in [2.75, 3.05) is 13.7 Å². The third-order valence-electron chi connectivity index (χ3n) is 3.49. The van der Waals surface area contributed by atoms with Crippen LogP contribution in [0, 0.1) is 0 Å². The van der Waals surface area contributed by atoms with Crippen molar-refractivity contribution in [2.24, 2.45) is 0 Å². The molecule has 1 amide bonds. The zero-order chi connectivity index (χ0) is 17.1. The second kappa shape index (κ2) is 7.02. The molecule has 1 aliphatic heterocycles. The van der Waals surface area contributed by atoms with Gasteiger partial charge in [0.25, 0.3) is 5.91 Å². The van der Waals surface area contributed by atoms with Gasteiger partial charge in [-0.25, -0.2) is 4.79 Å². The molecule has 0 spiro atoms. The van der Waals surface area contributed by atoms with E-state index in [0.29, 0.717) is 27.9 Å². The largest absolute Gasteiger partial charge is 0.465 e. The van der Waals surface area contributed by atoms with Crippen molar-refractivity contribution >= 4 is 41.2 Å². The third kappa shape index (κ3) is 3.19. The highest BCUT2D eigenvalue weighted by Gasteiger charge is 2.36. The monoisotopic (exact) mass is 351 g/mol. The van der Waals surface area contributed by atoms with E-state index in [1.54, 1.807) is 37.3 Å². The molecule has 23 heavy (non-hydrogen) atoms. The lowest BCUT2D eigenvalue weighted by Crippen LogP contribution is -2.25. The summed E-state index contributed by atoms with van der Waals surface area (Å²) in [5.41, 5.74) is 1.51. The quantitative estimate of drug-likeness (QED) is 0.470. The number of hydrogen-bond acceptors (Lipinski definition) is 3. The number of carbonyl (C=O) groups is 2. The summed E-state index contributed by atoms with van der Waals surface area (Å²) in [6.45, 7) is 5.61. The summed E-state index contributed by atoms with van der Waals surface area (Å²) in [4.78, 5) is 26.2. The van der Waals surface area contributed by atoms with Crippen molar-refractivity contribution in [3.8, 4) is 0 Å². The lowest BCUT2D eigenvalue weighted by Gasteiger charge is -2.14. The van der Waals surface area contributed by atoms with Crippen molar-refractivity contribution in [3.63, 3.8) is 0 Å². The fourth-order valence-corrected chi connectivity index (χ4v) is 2.73. The van der Waals surface area contributed by atoms with Gasteiger partial charge >= 0.3 is 5.97 Å². The third-order valence-corrected chi connectivity index (χ3v) is 4.33. The lowest BCUT2D eigenvalue weighted by molar-refractivity contribution is -0.136. The van der Waals surface area contributed by atoms with Gasteiger partial charge in [-0.05, 0) is 24.6 Å². The molecule has 0 aromatic heterocycles. The van der Waals surface area contributed by atoms with Crippen LogP contribution in [0.15, 0.2) is 47.7 Å². The number of esters is 1. The van der Waals surface area contributed by atoms with E-state index in [1.165, 1.54) is 12.0 Å². The Morgan fingerprint density at radius 2 is 2.09 bits per heavy atom. The molecule has 6 heteroatoms. The summed E-state index contributed by atoms with van der Waals surface area (Å²) in [6.07, 6.45) is 3.14. The molecule has 0 fully saturated rings. The van der Waals surface area contributed by atoms with E-state index in [2.05, 4.69) is 6.58 Å². The summed E-state index contributed by atoms with van der Waals surface area (Å²) in [5.74, 6) is -0.884. The van der Waals surface area contributed by atoms with E-state index in [1.807, 2.05) is 0 Å². The Balaban J connectivity index is 2.61. The van der Waals surface area contributed by atoms with Crippen LogP contribution >= 0.6 is 23.2 Å². The summed E-state index contributed by atoms with van der Waals surface area (Å²) in [5, 5.41) is 0.688. The SMILES string of the molecule is C=CCN1C(=O)/C(=C\c2cccc(Cl)c2Cl)C(C(=O)OC)=C1C. The van der Waals surface area contributed by atoms with Crippen LogP contribution in [0.4, 0.5) is 0 Å². The molecule has 120 valence electrons. The fourth-order valence-electron chi connectivity index (χ4n) is 2.36. The minimum Gasteiger partial charge on any atom is -0.465 e. The number of methoxy groups -OCH3 is 1. The average Bonchev–Trinajstić information content (AvgIpc) is 2.76. The van der Waals surface area contributed by atoms with E-state index < -0.39 is 5.97 Å². The Kier molecular flexibility index (Phi) is 5.29. The molecule has 0 unspecified atom stereocenters. The highest BCUT2D eigenvalue weighted by Crippen LogP contribution is 2.34. The van der Waals surface area contributed by atoms with E-state index >= 15 is 0 Å². The molecular formula is C17H15Cl2NO3. The molecule has 0 aliphatic carbocycles. The van der Waals surface area contributed by atoms with Crippen LogP contribution in [0.3, 0.4) is 0 Å². The maximum absolute atomic E-state index is 12.6. The van der Waals surface area contributed by atoms with Gasteiger partial charge in [-0.3, -0.25) is 4.79 Å². The van der Waals surface area contributed by atoms with Crippen LogP contribution in [0.25, 0.3) is 6.08 Å². The molecule has 0 saturated carbocycles. The Hall–Kier alpha value is -2.04. The molecule has 4 nitrogen and oxygen atoms in total. The average molecular weight is 352 g/mol. The molecule has 0 saturated heterocycles. The molecule has 2 rings (SSSR count). The topological polar surface area (TPSA) is 46.6 Å². The number of halogens is 2. The number of rotatable bonds is 4. The maximum Gasteiger partial charge on any atom is 0.340 e. The summed E-state index contributed by atoms with van der Waals surface area (Å²) in [6, 6.07) is 5.08. The first kappa shape index (κ1) is 17.3.